The van der Waals surface area contributed by atoms with Crippen molar-refractivity contribution < 1.29 is 8.42 Å². The lowest BCUT2D eigenvalue weighted by molar-refractivity contribution is 0.590. The van der Waals surface area contributed by atoms with Crippen molar-refractivity contribution >= 4 is 31.5 Å². The van der Waals surface area contributed by atoms with Gasteiger partial charge in [0.2, 0.25) is 9.84 Å². The third kappa shape index (κ3) is 4.73. The fraction of sp³-hybridized carbons (Fsp3) is 0.310. The Balaban J connectivity index is 2.02. The number of nitrogens with zero attached hydrogens (tertiary/aromatic N) is 1. The molecule has 0 N–H and O–H groups in total. The Morgan fingerprint density at radius 2 is 1.65 bits per heavy atom. The summed E-state index contributed by atoms with van der Waals surface area (Å²) in [7, 11) is -3.71. The molecule has 3 aromatic carbocycles. The predicted molar refractivity (Wildman–Crippen MR) is 146 cm³/mol. The number of hydrogen-bond donors (Lipinski definition) is 0. The number of benzene rings is 3. The van der Waals surface area contributed by atoms with Crippen LogP contribution < -0.4 is 4.90 Å². The van der Waals surface area contributed by atoms with E-state index in [4.69, 9.17) is 0 Å². The molecule has 3 aromatic rings. The average molecular weight is 539 g/mol. The molecule has 0 aliphatic carbocycles. The first-order valence-corrected chi connectivity index (χ1v) is 14.3. The van der Waals surface area contributed by atoms with Gasteiger partial charge in [0, 0.05) is 29.7 Å². The Bertz CT molecular complexity index is 1300. The summed E-state index contributed by atoms with van der Waals surface area (Å²) in [4.78, 5) is 3.04. The maximum atomic E-state index is 13.9. The van der Waals surface area contributed by atoms with E-state index in [2.05, 4.69) is 78.0 Å². The van der Waals surface area contributed by atoms with Crippen molar-refractivity contribution in [1.82, 2.24) is 0 Å². The van der Waals surface area contributed by atoms with Gasteiger partial charge in [-0.1, -0.05) is 91.3 Å². The normalized spacial score (nSPS) is 14.4. The summed E-state index contributed by atoms with van der Waals surface area (Å²) >= 11 is 3.72. The van der Waals surface area contributed by atoms with E-state index in [1.807, 2.05) is 19.1 Å². The van der Waals surface area contributed by atoms with Crippen molar-refractivity contribution in [3.8, 4) is 11.1 Å². The van der Waals surface area contributed by atoms with Gasteiger partial charge in [-0.25, -0.2) is 8.42 Å². The van der Waals surface area contributed by atoms with E-state index in [0.29, 0.717) is 15.1 Å². The van der Waals surface area contributed by atoms with Crippen LogP contribution in [0.1, 0.15) is 43.9 Å². The summed E-state index contributed by atoms with van der Waals surface area (Å²) in [6.45, 7) is 10.3. The SMILES string of the molecule is Cc1cc(S(=O)(=O)c2ccccc2)c(-c2ccc(C(C)(C)C)cc2)c(CBr)c1N1CC=CCC1. The van der Waals surface area contributed by atoms with Crippen molar-refractivity contribution in [3.63, 3.8) is 0 Å². The highest BCUT2D eigenvalue weighted by molar-refractivity contribution is 9.08. The lowest BCUT2D eigenvalue weighted by atomic mass is 9.85. The van der Waals surface area contributed by atoms with Crippen LogP contribution in [-0.2, 0) is 20.6 Å². The second-order valence-electron chi connectivity index (χ2n) is 9.88. The Morgan fingerprint density at radius 1 is 0.971 bits per heavy atom. The van der Waals surface area contributed by atoms with Gasteiger partial charge >= 0.3 is 0 Å². The largest absolute Gasteiger partial charge is 0.367 e. The topological polar surface area (TPSA) is 37.4 Å². The van der Waals surface area contributed by atoms with Crippen LogP contribution in [0.2, 0.25) is 0 Å². The molecule has 34 heavy (non-hydrogen) atoms. The summed E-state index contributed by atoms with van der Waals surface area (Å²) in [5, 5.41) is 0.567. The highest BCUT2D eigenvalue weighted by Crippen LogP contribution is 2.43. The molecule has 0 bridgehead atoms. The van der Waals surface area contributed by atoms with E-state index in [-0.39, 0.29) is 5.41 Å². The van der Waals surface area contributed by atoms with Crippen LogP contribution >= 0.6 is 15.9 Å². The van der Waals surface area contributed by atoms with Crippen molar-refractivity contribution in [2.45, 2.75) is 54.7 Å². The third-order valence-electron chi connectivity index (χ3n) is 6.45. The van der Waals surface area contributed by atoms with Gasteiger partial charge in [0.1, 0.15) is 0 Å². The molecule has 1 aliphatic rings. The quantitative estimate of drug-likeness (QED) is 0.250. The summed E-state index contributed by atoms with van der Waals surface area (Å²) in [6.07, 6.45) is 5.38. The van der Waals surface area contributed by atoms with Gasteiger partial charge in [-0.05, 0) is 59.2 Å². The molecule has 0 amide bonds. The van der Waals surface area contributed by atoms with Crippen molar-refractivity contribution in [3.05, 3.63) is 89.5 Å². The second kappa shape index (κ2) is 9.71. The lowest BCUT2D eigenvalue weighted by Crippen LogP contribution is -2.29. The number of halogens is 1. The Kier molecular flexibility index (Phi) is 7.07. The fourth-order valence-corrected chi connectivity index (χ4v) is 6.81. The van der Waals surface area contributed by atoms with Crippen LogP contribution in [0.3, 0.4) is 0 Å². The maximum absolute atomic E-state index is 13.9. The maximum Gasteiger partial charge on any atom is 0.207 e. The monoisotopic (exact) mass is 537 g/mol. The third-order valence-corrected chi connectivity index (χ3v) is 8.80. The summed E-state index contributed by atoms with van der Waals surface area (Å²) in [6, 6.07) is 19.0. The van der Waals surface area contributed by atoms with Crippen LogP contribution in [0, 0.1) is 6.92 Å². The van der Waals surface area contributed by atoms with E-state index in [1.165, 1.54) is 5.56 Å². The van der Waals surface area contributed by atoms with E-state index in [9.17, 15) is 8.42 Å². The van der Waals surface area contributed by atoms with Gasteiger partial charge in [0.15, 0.2) is 0 Å². The van der Waals surface area contributed by atoms with Crippen molar-refractivity contribution in [1.29, 1.82) is 0 Å². The Labute approximate surface area is 212 Å². The molecule has 1 aliphatic heterocycles. The Morgan fingerprint density at radius 3 is 2.21 bits per heavy atom. The molecule has 1 heterocycles. The molecule has 178 valence electrons. The average Bonchev–Trinajstić information content (AvgIpc) is 2.84. The molecule has 0 aromatic heterocycles. The van der Waals surface area contributed by atoms with E-state index >= 15 is 0 Å². The van der Waals surface area contributed by atoms with Crippen LogP contribution in [0.5, 0.6) is 0 Å². The second-order valence-corrected chi connectivity index (χ2v) is 12.4. The van der Waals surface area contributed by atoms with Crippen molar-refractivity contribution in [2.24, 2.45) is 0 Å². The minimum absolute atomic E-state index is 0.0221. The predicted octanol–water partition coefficient (Wildman–Crippen LogP) is 7.45. The van der Waals surface area contributed by atoms with Crippen LogP contribution in [0.25, 0.3) is 11.1 Å². The van der Waals surface area contributed by atoms with Gasteiger partial charge in [0.05, 0.1) is 9.79 Å². The smallest absolute Gasteiger partial charge is 0.207 e. The Hall–Kier alpha value is -2.37. The highest BCUT2D eigenvalue weighted by Gasteiger charge is 2.29. The van der Waals surface area contributed by atoms with E-state index in [0.717, 1.165) is 47.5 Å². The summed E-state index contributed by atoms with van der Waals surface area (Å²) in [5.41, 5.74) is 6.08. The number of alkyl halides is 1. The molecule has 0 saturated carbocycles. The standard InChI is InChI=1S/C29H32BrNO2S/c1-21-19-26(34(32,33)24-11-7-5-8-12-24)27(22-13-15-23(16-14-22)29(2,3)4)25(20-30)28(21)31-17-9-6-10-18-31/h5-9,11-16,19H,10,17-18,20H2,1-4H3. The fourth-order valence-electron chi connectivity index (χ4n) is 4.65. The van der Waals surface area contributed by atoms with Crippen LogP contribution in [0.15, 0.2) is 82.6 Å². The van der Waals surface area contributed by atoms with Gasteiger partial charge in [0.25, 0.3) is 0 Å². The molecule has 3 nitrogen and oxygen atoms in total. The number of anilines is 1. The molecule has 4 rings (SSSR count). The zero-order valence-electron chi connectivity index (χ0n) is 20.3. The van der Waals surface area contributed by atoms with E-state index in [1.54, 1.807) is 24.3 Å². The van der Waals surface area contributed by atoms with Gasteiger partial charge in [-0.2, -0.15) is 0 Å². The first kappa shape index (κ1) is 24.7. The van der Waals surface area contributed by atoms with Gasteiger partial charge in [-0.15, -0.1) is 0 Å². The number of hydrogen-bond acceptors (Lipinski definition) is 3. The summed E-state index contributed by atoms with van der Waals surface area (Å²) in [5.74, 6) is 0. The molecule has 0 spiro atoms. The van der Waals surface area contributed by atoms with Crippen LogP contribution in [-0.4, -0.2) is 21.5 Å². The van der Waals surface area contributed by atoms with E-state index < -0.39 is 9.84 Å². The summed E-state index contributed by atoms with van der Waals surface area (Å²) < 4.78 is 27.8. The molecule has 0 radical (unpaired) electrons. The van der Waals surface area contributed by atoms with Crippen LogP contribution in [0.4, 0.5) is 5.69 Å². The highest BCUT2D eigenvalue weighted by atomic mass is 79.9. The molecular weight excluding hydrogens is 506 g/mol. The number of aryl methyl sites for hydroxylation is 1. The first-order chi connectivity index (χ1) is 16.1. The molecular formula is C29H32BrNO2S. The zero-order chi connectivity index (χ0) is 24.5. The zero-order valence-corrected chi connectivity index (χ0v) is 22.7. The number of rotatable bonds is 5. The van der Waals surface area contributed by atoms with Gasteiger partial charge < -0.3 is 4.90 Å². The molecule has 5 heteroatoms. The first-order valence-electron chi connectivity index (χ1n) is 11.7. The molecule has 0 atom stereocenters. The molecule has 0 unspecified atom stereocenters. The van der Waals surface area contributed by atoms with Gasteiger partial charge in [-0.3, -0.25) is 0 Å². The van der Waals surface area contributed by atoms with Crippen molar-refractivity contribution in [2.75, 3.05) is 18.0 Å². The molecule has 0 fully saturated rings. The lowest BCUT2D eigenvalue weighted by Gasteiger charge is -2.31. The number of sulfone groups is 1. The minimum Gasteiger partial charge on any atom is -0.367 e. The molecule has 0 saturated heterocycles. The minimum atomic E-state index is -3.71.